The van der Waals surface area contributed by atoms with Gasteiger partial charge in [0, 0.05) is 19.6 Å². The van der Waals surface area contributed by atoms with E-state index in [0.717, 1.165) is 0 Å². The first-order valence-electron chi connectivity index (χ1n) is 6.89. The minimum atomic E-state index is -3.52. The first-order valence-corrected chi connectivity index (χ1v) is 8.33. The van der Waals surface area contributed by atoms with Gasteiger partial charge in [0.15, 0.2) is 0 Å². The van der Waals surface area contributed by atoms with E-state index in [1.54, 1.807) is 0 Å². The maximum absolute atomic E-state index is 13.1. The molecule has 0 amide bonds. The lowest BCUT2D eigenvalue weighted by molar-refractivity contribution is 0.0730. The van der Waals surface area contributed by atoms with Crippen LogP contribution >= 0.6 is 12.4 Å². The number of halogens is 2. The molecule has 1 aliphatic rings. The highest BCUT2D eigenvalue weighted by Gasteiger charge is 2.26. The Kier molecular flexibility index (Phi) is 7.93. The highest BCUT2D eigenvalue weighted by Crippen LogP contribution is 2.20. The summed E-state index contributed by atoms with van der Waals surface area (Å²) in [6.07, 6.45) is 1.22. The largest absolute Gasteiger partial charge is 0.487 e. The van der Waals surface area contributed by atoms with Crippen LogP contribution in [0.25, 0.3) is 0 Å². The molecule has 130 valence electrons. The number of hydrogen-bond acceptors (Lipinski definition) is 5. The van der Waals surface area contributed by atoms with Gasteiger partial charge in [0.05, 0.1) is 18.1 Å². The van der Waals surface area contributed by atoms with Crippen LogP contribution in [0.2, 0.25) is 0 Å². The number of morpholine rings is 1. The molecule has 1 heterocycles. The number of rotatable bonds is 6. The lowest BCUT2D eigenvalue weighted by Gasteiger charge is -2.26. The van der Waals surface area contributed by atoms with E-state index in [1.165, 1.54) is 34.6 Å². The molecule has 1 aromatic carbocycles. The predicted molar refractivity (Wildman–Crippen MR) is 87.0 cm³/mol. The molecule has 0 radical (unpaired) electrons. The lowest BCUT2D eigenvalue weighted by Crippen LogP contribution is -2.40. The summed E-state index contributed by atoms with van der Waals surface area (Å²) < 4.78 is 49.7. The van der Waals surface area contributed by atoms with Gasteiger partial charge < -0.3 is 15.2 Å². The fourth-order valence-corrected chi connectivity index (χ4v) is 3.39. The summed E-state index contributed by atoms with van der Waals surface area (Å²) in [5.41, 5.74) is 5.18. The van der Waals surface area contributed by atoms with E-state index >= 15 is 0 Å². The van der Waals surface area contributed by atoms with Crippen LogP contribution in [-0.2, 0) is 14.8 Å². The molecular weight excluding hydrogens is 347 g/mol. The number of nitrogens with two attached hydrogens (primary N) is 1. The van der Waals surface area contributed by atoms with Gasteiger partial charge in [-0.05, 0) is 30.3 Å². The SMILES string of the molecule is Cl.NC/C=C(/F)COc1ccc(S(=O)(=O)N2CCOCC2)cc1. The van der Waals surface area contributed by atoms with E-state index in [1.807, 2.05) is 0 Å². The van der Waals surface area contributed by atoms with Crippen LogP contribution in [0.4, 0.5) is 4.39 Å². The molecule has 1 aliphatic heterocycles. The summed E-state index contributed by atoms with van der Waals surface area (Å²) in [4.78, 5) is 0.180. The van der Waals surface area contributed by atoms with E-state index < -0.39 is 15.9 Å². The first-order chi connectivity index (χ1) is 10.5. The molecule has 0 saturated carbocycles. The molecule has 0 bridgehead atoms. The average molecular weight is 367 g/mol. The van der Waals surface area contributed by atoms with Crippen molar-refractivity contribution >= 4 is 22.4 Å². The van der Waals surface area contributed by atoms with Crippen molar-refractivity contribution in [3.8, 4) is 5.75 Å². The van der Waals surface area contributed by atoms with Crippen molar-refractivity contribution in [3.05, 3.63) is 36.2 Å². The third-order valence-electron chi connectivity index (χ3n) is 3.15. The predicted octanol–water partition coefficient (Wildman–Crippen LogP) is 1.32. The van der Waals surface area contributed by atoms with E-state index in [9.17, 15) is 12.8 Å². The Morgan fingerprint density at radius 1 is 1.30 bits per heavy atom. The standard InChI is InChI=1S/C14H19FN2O4S.ClH/c15-12(5-6-16)11-21-13-1-3-14(4-2-13)22(18,19)17-7-9-20-10-8-17;/h1-5H,6-11,16H2;1H/b12-5+;. The molecule has 0 atom stereocenters. The maximum Gasteiger partial charge on any atom is 0.243 e. The van der Waals surface area contributed by atoms with Gasteiger partial charge in [0.1, 0.15) is 18.2 Å². The second-order valence-electron chi connectivity index (χ2n) is 4.66. The number of hydrogen-bond donors (Lipinski definition) is 1. The summed E-state index contributed by atoms with van der Waals surface area (Å²) in [7, 11) is -3.52. The van der Waals surface area contributed by atoms with Gasteiger partial charge in [-0.3, -0.25) is 0 Å². The van der Waals surface area contributed by atoms with Crippen molar-refractivity contribution < 1.29 is 22.3 Å². The Morgan fingerprint density at radius 2 is 1.91 bits per heavy atom. The molecule has 0 spiro atoms. The van der Waals surface area contributed by atoms with Gasteiger partial charge in [0.2, 0.25) is 10.0 Å². The molecule has 23 heavy (non-hydrogen) atoms. The minimum absolute atomic E-state index is 0. The van der Waals surface area contributed by atoms with Crippen molar-refractivity contribution in [2.75, 3.05) is 39.5 Å². The smallest absolute Gasteiger partial charge is 0.243 e. The molecule has 1 aromatic rings. The highest BCUT2D eigenvalue weighted by molar-refractivity contribution is 7.89. The van der Waals surface area contributed by atoms with Gasteiger partial charge >= 0.3 is 0 Å². The molecule has 6 nitrogen and oxygen atoms in total. The zero-order valence-electron chi connectivity index (χ0n) is 12.5. The lowest BCUT2D eigenvalue weighted by atomic mass is 10.3. The van der Waals surface area contributed by atoms with Gasteiger partial charge in [-0.1, -0.05) is 0 Å². The molecule has 9 heteroatoms. The van der Waals surface area contributed by atoms with Gasteiger partial charge in [-0.2, -0.15) is 4.31 Å². The Balaban J connectivity index is 0.00000264. The van der Waals surface area contributed by atoms with E-state index in [2.05, 4.69) is 0 Å². The Hall–Kier alpha value is -1.19. The van der Waals surface area contributed by atoms with Crippen molar-refractivity contribution in [2.45, 2.75) is 4.90 Å². The number of ether oxygens (including phenoxy) is 2. The average Bonchev–Trinajstić information content (AvgIpc) is 2.54. The summed E-state index contributed by atoms with van der Waals surface area (Å²) in [6, 6.07) is 5.90. The van der Waals surface area contributed by atoms with Gasteiger partial charge in [-0.25, -0.2) is 12.8 Å². The Morgan fingerprint density at radius 3 is 2.48 bits per heavy atom. The second-order valence-corrected chi connectivity index (χ2v) is 6.60. The van der Waals surface area contributed by atoms with E-state index in [0.29, 0.717) is 32.1 Å². The highest BCUT2D eigenvalue weighted by atomic mass is 35.5. The Labute approximate surface area is 141 Å². The van der Waals surface area contributed by atoms with Crippen LogP contribution in [-0.4, -0.2) is 52.2 Å². The normalized spacial score (nSPS) is 16.7. The summed E-state index contributed by atoms with van der Waals surface area (Å²) >= 11 is 0. The zero-order chi connectivity index (χ0) is 16.0. The molecule has 2 N–H and O–H groups in total. The number of benzene rings is 1. The molecule has 1 saturated heterocycles. The monoisotopic (exact) mass is 366 g/mol. The van der Waals surface area contributed by atoms with Crippen LogP contribution in [0.15, 0.2) is 41.1 Å². The van der Waals surface area contributed by atoms with Crippen molar-refractivity contribution in [2.24, 2.45) is 5.73 Å². The first kappa shape index (κ1) is 19.9. The van der Waals surface area contributed by atoms with E-state index in [4.69, 9.17) is 15.2 Å². The molecule has 0 aromatic heterocycles. The quantitative estimate of drug-likeness (QED) is 0.821. The summed E-state index contributed by atoms with van der Waals surface area (Å²) in [5, 5.41) is 0. The minimum Gasteiger partial charge on any atom is -0.487 e. The number of sulfonamides is 1. The van der Waals surface area contributed by atoms with Crippen molar-refractivity contribution in [1.82, 2.24) is 4.31 Å². The summed E-state index contributed by atoms with van der Waals surface area (Å²) in [5.74, 6) is -0.0750. The molecule has 0 unspecified atom stereocenters. The Bertz CT molecular complexity index is 616. The fourth-order valence-electron chi connectivity index (χ4n) is 1.98. The maximum atomic E-state index is 13.1. The third kappa shape index (κ3) is 5.43. The summed E-state index contributed by atoms with van der Waals surface area (Å²) in [6.45, 7) is 1.35. The molecule has 1 fully saturated rings. The van der Waals surface area contributed by atoms with Crippen molar-refractivity contribution in [1.29, 1.82) is 0 Å². The van der Waals surface area contributed by atoms with Crippen molar-refractivity contribution in [3.63, 3.8) is 0 Å². The topological polar surface area (TPSA) is 81.9 Å². The van der Waals surface area contributed by atoms with Gasteiger partial charge in [0.25, 0.3) is 0 Å². The number of nitrogens with zero attached hydrogens (tertiary/aromatic N) is 1. The van der Waals surface area contributed by atoms with Crippen LogP contribution in [0.1, 0.15) is 0 Å². The molecule has 0 aliphatic carbocycles. The third-order valence-corrected chi connectivity index (χ3v) is 5.06. The fraction of sp³-hybridized carbons (Fsp3) is 0.429. The molecule has 2 rings (SSSR count). The van der Waals surface area contributed by atoms with E-state index in [-0.39, 0.29) is 30.5 Å². The van der Waals surface area contributed by atoms with Crippen LogP contribution in [0.5, 0.6) is 5.75 Å². The zero-order valence-corrected chi connectivity index (χ0v) is 14.1. The second kappa shape index (κ2) is 9.19. The van der Waals surface area contributed by atoms with Gasteiger partial charge in [-0.15, -0.1) is 12.4 Å². The van der Waals surface area contributed by atoms with Crippen LogP contribution < -0.4 is 10.5 Å². The van der Waals surface area contributed by atoms with Crippen LogP contribution in [0.3, 0.4) is 0 Å². The molecular formula is C14H20ClFN2O4S. The van der Waals surface area contributed by atoms with Crippen LogP contribution in [0, 0.1) is 0 Å².